The number of nitriles is 1. The Morgan fingerprint density at radius 2 is 1.71 bits per heavy atom. The maximum Gasteiger partial charge on any atom is 0.0696 e. The first-order chi connectivity index (χ1) is 10.3. The molecule has 0 aliphatic heterocycles. The zero-order valence-corrected chi connectivity index (χ0v) is 13.0. The highest BCUT2D eigenvalue weighted by atomic mass is 32.2. The summed E-state index contributed by atoms with van der Waals surface area (Å²) in [5, 5.41) is 8.73. The topological polar surface area (TPSA) is 23.8 Å². The van der Waals surface area contributed by atoms with Crippen LogP contribution in [0.4, 0.5) is 0 Å². The molecule has 0 unspecified atom stereocenters. The Balaban J connectivity index is 1.81. The van der Waals surface area contributed by atoms with Gasteiger partial charge in [0.1, 0.15) is 0 Å². The Morgan fingerprint density at radius 3 is 2.52 bits per heavy atom. The molecular formula is C18H13NS2. The maximum atomic E-state index is 8.73. The Bertz CT molecular complexity index is 769. The summed E-state index contributed by atoms with van der Waals surface area (Å²) < 4.78 is 1.23. The van der Waals surface area contributed by atoms with Gasteiger partial charge in [-0.3, -0.25) is 0 Å². The van der Waals surface area contributed by atoms with E-state index < -0.39 is 0 Å². The van der Waals surface area contributed by atoms with Gasteiger partial charge in [-0.05, 0) is 35.4 Å². The van der Waals surface area contributed by atoms with Gasteiger partial charge in [0.05, 0.1) is 16.7 Å². The van der Waals surface area contributed by atoms with Crippen LogP contribution in [0.5, 0.6) is 0 Å². The first-order valence-corrected chi connectivity index (χ1v) is 8.27. The van der Waals surface area contributed by atoms with Crippen molar-refractivity contribution in [1.29, 1.82) is 5.26 Å². The van der Waals surface area contributed by atoms with Crippen LogP contribution >= 0.6 is 23.1 Å². The van der Waals surface area contributed by atoms with Crippen molar-refractivity contribution in [3.63, 3.8) is 0 Å². The van der Waals surface area contributed by atoms with E-state index in [9.17, 15) is 0 Å². The van der Waals surface area contributed by atoms with Crippen molar-refractivity contribution in [2.24, 2.45) is 0 Å². The van der Waals surface area contributed by atoms with E-state index in [0.717, 1.165) is 4.88 Å². The van der Waals surface area contributed by atoms with E-state index in [1.165, 1.54) is 20.2 Å². The normalized spacial score (nSPS) is 10.2. The number of thiophene rings is 1. The Hall–Kier alpha value is -2.02. The van der Waals surface area contributed by atoms with Crippen molar-refractivity contribution in [3.05, 3.63) is 71.6 Å². The third-order valence-corrected chi connectivity index (χ3v) is 5.26. The van der Waals surface area contributed by atoms with Crippen LogP contribution < -0.4 is 0 Å². The minimum atomic E-state index is 0.495. The lowest BCUT2D eigenvalue weighted by molar-refractivity contribution is 1.32. The second kappa shape index (κ2) is 6.62. The fourth-order valence-electron chi connectivity index (χ4n) is 2.07. The summed E-state index contributed by atoms with van der Waals surface area (Å²) in [7, 11) is 0. The zero-order chi connectivity index (χ0) is 14.5. The van der Waals surface area contributed by atoms with E-state index in [-0.39, 0.29) is 0 Å². The SMILES string of the molecule is N#CCc1ccc(Sc2cccc(-c3ccccc3)c2)s1. The minimum absolute atomic E-state index is 0.495. The van der Waals surface area contributed by atoms with Crippen molar-refractivity contribution in [3.8, 4) is 17.2 Å². The van der Waals surface area contributed by atoms with Gasteiger partial charge in [-0.1, -0.05) is 54.2 Å². The van der Waals surface area contributed by atoms with Gasteiger partial charge in [0, 0.05) is 9.77 Å². The average molecular weight is 307 g/mol. The number of hydrogen-bond donors (Lipinski definition) is 0. The lowest BCUT2D eigenvalue weighted by atomic mass is 10.1. The van der Waals surface area contributed by atoms with E-state index in [2.05, 4.69) is 60.7 Å². The van der Waals surface area contributed by atoms with E-state index >= 15 is 0 Å². The summed E-state index contributed by atoms with van der Waals surface area (Å²) in [5.74, 6) is 0. The minimum Gasteiger partial charge on any atom is -0.198 e. The highest BCUT2D eigenvalue weighted by Gasteiger charge is 2.04. The molecule has 1 aromatic heterocycles. The van der Waals surface area contributed by atoms with E-state index in [4.69, 9.17) is 5.26 Å². The maximum absolute atomic E-state index is 8.73. The number of benzene rings is 2. The standard InChI is InChI=1S/C18H13NS2/c19-12-11-16-9-10-18(20-16)21-17-8-4-7-15(13-17)14-5-2-1-3-6-14/h1-10,13H,11H2. The molecule has 1 heterocycles. The van der Waals surface area contributed by atoms with Crippen molar-refractivity contribution >= 4 is 23.1 Å². The molecule has 0 fully saturated rings. The van der Waals surface area contributed by atoms with Crippen LogP contribution in [0, 0.1) is 11.3 Å². The van der Waals surface area contributed by atoms with E-state index in [0.29, 0.717) is 6.42 Å². The molecule has 0 bridgehead atoms. The van der Waals surface area contributed by atoms with Gasteiger partial charge in [-0.25, -0.2) is 0 Å². The predicted octanol–water partition coefficient (Wildman–Crippen LogP) is 5.63. The molecule has 3 rings (SSSR count). The molecule has 0 atom stereocenters. The van der Waals surface area contributed by atoms with Crippen LogP contribution in [0.15, 0.2) is 75.8 Å². The number of nitrogens with zero attached hydrogens (tertiary/aromatic N) is 1. The molecule has 3 aromatic rings. The molecule has 0 spiro atoms. The first kappa shape index (κ1) is 13.9. The molecule has 2 aromatic carbocycles. The highest BCUT2D eigenvalue weighted by Crippen LogP contribution is 2.35. The lowest BCUT2D eigenvalue weighted by Gasteiger charge is -2.04. The summed E-state index contributed by atoms with van der Waals surface area (Å²) in [6.45, 7) is 0. The predicted molar refractivity (Wildman–Crippen MR) is 89.6 cm³/mol. The Morgan fingerprint density at radius 1 is 0.905 bits per heavy atom. The van der Waals surface area contributed by atoms with Gasteiger partial charge in [0.2, 0.25) is 0 Å². The van der Waals surface area contributed by atoms with E-state index in [1.54, 1.807) is 23.1 Å². The molecule has 0 radical (unpaired) electrons. The van der Waals surface area contributed by atoms with Crippen LogP contribution in [0.2, 0.25) is 0 Å². The Labute approximate surface area is 132 Å². The van der Waals surface area contributed by atoms with Gasteiger partial charge >= 0.3 is 0 Å². The smallest absolute Gasteiger partial charge is 0.0696 e. The van der Waals surface area contributed by atoms with Crippen molar-refractivity contribution in [1.82, 2.24) is 0 Å². The molecule has 0 N–H and O–H groups in total. The fourth-order valence-corrected chi connectivity index (χ4v) is 4.22. The van der Waals surface area contributed by atoms with Crippen LogP contribution in [0.3, 0.4) is 0 Å². The fraction of sp³-hybridized carbons (Fsp3) is 0.0556. The summed E-state index contributed by atoms with van der Waals surface area (Å²) >= 11 is 3.45. The van der Waals surface area contributed by atoms with Gasteiger partial charge in [-0.15, -0.1) is 11.3 Å². The largest absolute Gasteiger partial charge is 0.198 e. The highest BCUT2D eigenvalue weighted by molar-refractivity contribution is 8.01. The molecule has 1 nitrogen and oxygen atoms in total. The monoisotopic (exact) mass is 307 g/mol. The molecule has 0 saturated carbocycles. The number of hydrogen-bond acceptors (Lipinski definition) is 3. The van der Waals surface area contributed by atoms with Gasteiger partial charge in [0.25, 0.3) is 0 Å². The second-order valence-corrected chi connectivity index (χ2v) is 7.09. The summed E-state index contributed by atoms with van der Waals surface area (Å²) in [6.07, 6.45) is 0.495. The molecule has 102 valence electrons. The molecule has 21 heavy (non-hydrogen) atoms. The third-order valence-electron chi connectivity index (χ3n) is 3.05. The third kappa shape index (κ3) is 3.55. The molecule has 0 amide bonds. The summed E-state index contributed by atoms with van der Waals surface area (Å²) in [6, 6.07) is 25.3. The molecule has 0 saturated heterocycles. The van der Waals surface area contributed by atoms with Crippen molar-refractivity contribution in [2.75, 3.05) is 0 Å². The van der Waals surface area contributed by atoms with Crippen LogP contribution in [-0.2, 0) is 6.42 Å². The lowest BCUT2D eigenvalue weighted by Crippen LogP contribution is -1.77. The molecule has 3 heteroatoms. The van der Waals surface area contributed by atoms with Crippen LogP contribution in [0.25, 0.3) is 11.1 Å². The molecule has 0 aliphatic rings. The number of rotatable bonds is 4. The Kier molecular flexibility index (Phi) is 4.40. The quantitative estimate of drug-likeness (QED) is 0.623. The van der Waals surface area contributed by atoms with E-state index in [1.807, 2.05) is 12.1 Å². The van der Waals surface area contributed by atoms with Gasteiger partial charge in [0.15, 0.2) is 0 Å². The first-order valence-electron chi connectivity index (χ1n) is 6.64. The summed E-state index contributed by atoms with van der Waals surface area (Å²) in [4.78, 5) is 2.35. The van der Waals surface area contributed by atoms with Crippen LogP contribution in [0.1, 0.15) is 4.88 Å². The summed E-state index contributed by atoms with van der Waals surface area (Å²) in [5.41, 5.74) is 2.46. The van der Waals surface area contributed by atoms with Gasteiger partial charge in [-0.2, -0.15) is 5.26 Å². The average Bonchev–Trinajstić information content (AvgIpc) is 2.96. The second-order valence-electron chi connectivity index (χ2n) is 4.55. The van der Waals surface area contributed by atoms with Crippen LogP contribution in [-0.4, -0.2) is 0 Å². The van der Waals surface area contributed by atoms with Crippen molar-refractivity contribution in [2.45, 2.75) is 15.5 Å². The molecular weight excluding hydrogens is 294 g/mol. The zero-order valence-electron chi connectivity index (χ0n) is 11.3. The van der Waals surface area contributed by atoms with Crippen molar-refractivity contribution < 1.29 is 0 Å². The van der Waals surface area contributed by atoms with Gasteiger partial charge < -0.3 is 0 Å². The molecule has 0 aliphatic carbocycles.